The summed E-state index contributed by atoms with van der Waals surface area (Å²) in [5.74, 6) is 2.68. The maximum atomic E-state index is 12.8. The van der Waals surface area contributed by atoms with E-state index in [-0.39, 0.29) is 17.4 Å². The van der Waals surface area contributed by atoms with Gasteiger partial charge in [-0.2, -0.15) is 4.98 Å². The van der Waals surface area contributed by atoms with Crippen molar-refractivity contribution in [1.29, 1.82) is 0 Å². The number of hydrogen-bond acceptors (Lipinski definition) is 5. The molecule has 1 N–H and O–H groups in total. The van der Waals surface area contributed by atoms with Gasteiger partial charge in [0.1, 0.15) is 0 Å². The zero-order chi connectivity index (χ0) is 21.3. The zero-order valence-electron chi connectivity index (χ0n) is 18.6. The average Bonchev–Trinajstić information content (AvgIpc) is 3.42. The first-order valence-corrected chi connectivity index (χ1v) is 12.0. The highest BCUT2D eigenvalue weighted by atomic mass is 16.5. The third-order valence-corrected chi connectivity index (χ3v) is 7.71. The van der Waals surface area contributed by atoms with Gasteiger partial charge < -0.3 is 9.84 Å². The zero-order valence-corrected chi connectivity index (χ0v) is 18.6. The van der Waals surface area contributed by atoms with Crippen LogP contribution in [0.3, 0.4) is 0 Å². The molecule has 0 radical (unpaired) electrons. The Labute approximate surface area is 184 Å². The van der Waals surface area contributed by atoms with E-state index in [4.69, 9.17) is 4.52 Å². The lowest BCUT2D eigenvalue weighted by Gasteiger charge is -2.26. The Hall–Kier alpha value is -2.21. The molecule has 3 unspecified atom stereocenters. The van der Waals surface area contributed by atoms with Crippen LogP contribution >= 0.6 is 0 Å². The number of hydrogen-bond donors (Lipinski definition) is 1. The van der Waals surface area contributed by atoms with Crippen LogP contribution in [0, 0.1) is 18.8 Å². The first-order valence-electron chi connectivity index (χ1n) is 12.0. The van der Waals surface area contributed by atoms with E-state index < -0.39 is 0 Å². The summed E-state index contributed by atoms with van der Waals surface area (Å²) < 4.78 is 5.73. The second-order valence-electron chi connectivity index (χ2n) is 10.1. The molecule has 6 nitrogen and oxygen atoms in total. The molecule has 2 aliphatic carbocycles. The minimum absolute atomic E-state index is 0.154. The number of nitrogens with one attached hydrogen (secondary N) is 1. The highest BCUT2D eigenvalue weighted by molar-refractivity contribution is 5.76. The highest BCUT2D eigenvalue weighted by Gasteiger charge is 2.57. The number of carbonyl (C=O) groups is 1. The van der Waals surface area contributed by atoms with Gasteiger partial charge in [-0.1, -0.05) is 54.8 Å². The maximum Gasteiger partial charge on any atom is 0.234 e. The second kappa shape index (κ2) is 8.73. The first-order chi connectivity index (χ1) is 15.1. The van der Waals surface area contributed by atoms with Crippen molar-refractivity contribution < 1.29 is 9.32 Å². The van der Waals surface area contributed by atoms with Gasteiger partial charge in [0.25, 0.3) is 0 Å². The van der Waals surface area contributed by atoms with Crippen LogP contribution in [-0.2, 0) is 16.8 Å². The van der Waals surface area contributed by atoms with Gasteiger partial charge in [-0.15, -0.1) is 0 Å². The predicted molar refractivity (Wildman–Crippen MR) is 118 cm³/mol. The van der Waals surface area contributed by atoms with E-state index in [0.29, 0.717) is 24.1 Å². The van der Waals surface area contributed by atoms with E-state index in [1.54, 1.807) is 0 Å². The normalized spacial score (nSPS) is 29.2. The molecule has 2 heterocycles. The molecule has 1 saturated heterocycles. The number of likely N-dealkylation sites (tertiary alicyclic amines) is 1. The fraction of sp³-hybridized carbons (Fsp3) is 0.640. The summed E-state index contributed by atoms with van der Waals surface area (Å²) in [4.78, 5) is 19.9. The van der Waals surface area contributed by atoms with Crippen LogP contribution in [0.5, 0.6) is 0 Å². The Morgan fingerprint density at radius 2 is 2.03 bits per heavy atom. The standard InChI is InChI=1S/C25H34N4O2/c1-18-26-24(31-28-18)25-14-22(27-23(30)12-19-8-4-2-5-9-19)13-21(25)16-29(17-25)15-20-10-6-3-7-11-20/h3,6-7,10-11,19,21-22H,2,4-5,8-9,12-17H2,1H3,(H,27,30). The molecule has 3 fully saturated rings. The van der Waals surface area contributed by atoms with Crippen molar-refractivity contribution in [3.63, 3.8) is 0 Å². The second-order valence-corrected chi connectivity index (χ2v) is 10.1. The monoisotopic (exact) mass is 422 g/mol. The minimum Gasteiger partial charge on any atom is -0.353 e. The summed E-state index contributed by atoms with van der Waals surface area (Å²) in [7, 11) is 0. The Morgan fingerprint density at radius 3 is 2.77 bits per heavy atom. The molecule has 1 amide bonds. The molecule has 2 aromatic rings. The highest BCUT2D eigenvalue weighted by Crippen LogP contribution is 2.50. The number of carbonyl (C=O) groups excluding carboxylic acids is 1. The lowest BCUT2D eigenvalue weighted by molar-refractivity contribution is -0.123. The number of aromatic nitrogens is 2. The molecule has 3 aliphatic rings. The van der Waals surface area contributed by atoms with Gasteiger partial charge >= 0.3 is 0 Å². The van der Waals surface area contributed by atoms with Gasteiger partial charge in [0, 0.05) is 32.1 Å². The van der Waals surface area contributed by atoms with Crippen LogP contribution in [0.1, 0.15) is 68.6 Å². The molecular weight excluding hydrogens is 388 g/mol. The van der Waals surface area contributed by atoms with Crippen molar-refractivity contribution in [3.05, 3.63) is 47.6 Å². The van der Waals surface area contributed by atoms with Gasteiger partial charge in [0.05, 0.1) is 5.41 Å². The number of benzene rings is 1. The van der Waals surface area contributed by atoms with Gasteiger partial charge in [-0.25, -0.2) is 0 Å². The minimum atomic E-state index is -0.154. The SMILES string of the molecule is Cc1noc(C23CC(NC(=O)CC4CCCCC4)CC2CN(Cc2ccccc2)C3)n1. The summed E-state index contributed by atoms with van der Waals surface area (Å²) in [5.41, 5.74) is 1.18. The summed E-state index contributed by atoms with van der Waals surface area (Å²) in [6.07, 6.45) is 8.87. The molecule has 5 rings (SSSR count). The van der Waals surface area contributed by atoms with E-state index in [2.05, 4.69) is 50.7 Å². The van der Waals surface area contributed by atoms with E-state index >= 15 is 0 Å². The lowest BCUT2D eigenvalue weighted by atomic mass is 9.80. The third-order valence-electron chi connectivity index (χ3n) is 7.71. The summed E-state index contributed by atoms with van der Waals surface area (Å²) >= 11 is 0. The average molecular weight is 423 g/mol. The quantitative estimate of drug-likeness (QED) is 0.762. The summed E-state index contributed by atoms with van der Waals surface area (Å²) in [6, 6.07) is 10.8. The van der Waals surface area contributed by atoms with Crippen molar-refractivity contribution in [2.75, 3.05) is 13.1 Å². The molecule has 3 atom stereocenters. The van der Waals surface area contributed by atoms with E-state index in [9.17, 15) is 4.79 Å². The number of fused-ring (bicyclic) bond motifs is 1. The van der Waals surface area contributed by atoms with Crippen LogP contribution in [0.2, 0.25) is 0 Å². The summed E-state index contributed by atoms with van der Waals surface area (Å²) in [5, 5.41) is 7.47. The predicted octanol–water partition coefficient (Wildman–Crippen LogP) is 4.00. The molecule has 0 spiro atoms. The van der Waals surface area contributed by atoms with Crippen LogP contribution in [-0.4, -0.2) is 40.1 Å². The van der Waals surface area contributed by atoms with Gasteiger partial charge in [-0.05, 0) is 50.0 Å². The van der Waals surface area contributed by atoms with Crippen LogP contribution in [0.4, 0.5) is 0 Å². The van der Waals surface area contributed by atoms with Crippen molar-refractivity contribution in [3.8, 4) is 0 Å². The van der Waals surface area contributed by atoms with Gasteiger partial charge in [0.2, 0.25) is 11.8 Å². The summed E-state index contributed by atoms with van der Waals surface area (Å²) in [6.45, 7) is 4.73. The molecule has 2 saturated carbocycles. The Bertz CT molecular complexity index is 892. The number of amides is 1. The topological polar surface area (TPSA) is 71.3 Å². The lowest BCUT2D eigenvalue weighted by Crippen LogP contribution is -2.38. The van der Waals surface area contributed by atoms with Crippen LogP contribution in [0.25, 0.3) is 0 Å². The van der Waals surface area contributed by atoms with E-state index in [1.165, 1.54) is 37.7 Å². The largest absolute Gasteiger partial charge is 0.353 e. The van der Waals surface area contributed by atoms with Crippen LogP contribution < -0.4 is 5.32 Å². The number of aryl methyl sites for hydroxylation is 1. The van der Waals surface area contributed by atoms with Crippen molar-refractivity contribution >= 4 is 5.91 Å². The molecule has 1 aromatic heterocycles. The number of rotatable bonds is 6. The molecule has 1 aliphatic heterocycles. The molecule has 166 valence electrons. The third kappa shape index (κ3) is 4.40. The molecule has 1 aromatic carbocycles. The molecule has 31 heavy (non-hydrogen) atoms. The molecule has 0 bridgehead atoms. The Morgan fingerprint density at radius 1 is 1.23 bits per heavy atom. The Balaban J connectivity index is 1.27. The van der Waals surface area contributed by atoms with Gasteiger partial charge in [-0.3, -0.25) is 9.69 Å². The van der Waals surface area contributed by atoms with E-state index in [0.717, 1.165) is 38.4 Å². The van der Waals surface area contributed by atoms with Crippen molar-refractivity contribution in [2.24, 2.45) is 11.8 Å². The maximum absolute atomic E-state index is 12.8. The number of nitrogens with zero attached hydrogens (tertiary/aromatic N) is 3. The Kier molecular flexibility index (Phi) is 5.83. The van der Waals surface area contributed by atoms with Crippen LogP contribution in [0.15, 0.2) is 34.9 Å². The fourth-order valence-corrected chi connectivity index (χ4v) is 6.32. The fourth-order valence-electron chi connectivity index (χ4n) is 6.32. The first kappa shape index (κ1) is 20.7. The smallest absolute Gasteiger partial charge is 0.234 e. The van der Waals surface area contributed by atoms with E-state index in [1.807, 2.05) is 6.92 Å². The van der Waals surface area contributed by atoms with Gasteiger partial charge in [0.15, 0.2) is 5.82 Å². The van der Waals surface area contributed by atoms with Crippen molar-refractivity contribution in [1.82, 2.24) is 20.4 Å². The molecule has 6 heteroatoms. The van der Waals surface area contributed by atoms with Crippen molar-refractivity contribution in [2.45, 2.75) is 76.3 Å². The molecular formula is C25H34N4O2.